The zero-order valence-corrected chi connectivity index (χ0v) is 17.1. The van der Waals surface area contributed by atoms with Crippen LogP contribution in [0.2, 0.25) is 0 Å². The molecule has 1 amide bonds. The number of rotatable bonds is 5. The number of carbonyl (C=O) groups is 2. The maximum Gasteiger partial charge on any atom is 0.416 e. The number of hydrogen-bond acceptors (Lipinski definition) is 4. The predicted octanol–water partition coefficient (Wildman–Crippen LogP) is 4.98. The topological polar surface area (TPSA) is 55.8 Å². The molecule has 0 saturated carbocycles. The van der Waals surface area contributed by atoms with Crippen LogP contribution in [0.5, 0.6) is 5.75 Å². The summed E-state index contributed by atoms with van der Waals surface area (Å²) in [6.45, 7) is 3.85. The van der Waals surface area contributed by atoms with Crippen LogP contribution in [0.4, 0.5) is 18.9 Å². The van der Waals surface area contributed by atoms with Crippen molar-refractivity contribution >= 4 is 23.6 Å². The van der Waals surface area contributed by atoms with E-state index in [9.17, 15) is 22.8 Å². The van der Waals surface area contributed by atoms with E-state index in [1.807, 2.05) is 6.92 Å². The van der Waals surface area contributed by atoms with Gasteiger partial charge >= 0.3 is 12.1 Å². The zero-order chi connectivity index (χ0) is 22.8. The Morgan fingerprint density at radius 3 is 2.32 bits per heavy atom. The second-order valence-electron chi connectivity index (χ2n) is 6.66. The van der Waals surface area contributed by atoms with Gasteiger partial charge in [-0.25, -0.2) is 4.79 Å². The molecule has 8 heteroatoms. The molecule has 0 radical (unpaired) electrons. The number of amides is 1. The SMILES string of the molecule is CCOc1ccc(N2C(=O)/C(=C\c3ccccc3C(F)(F)F)C(C(=O)OC)=C2C)cc1. The highest BCUT2D eigenvalue weighted by Gasteiger charge is 2.39. The highest BCUT2D eigenvalue weighted by Crippen LogP contribution is 2.38. The molecule has 2 aromatic carbocycles. The molecule has 0 spiro atoms. The molecule has 0 atom stereocenters. The molecule has 0 saturated heterocycles. The second kappa shape index (κ2) is 8.67. The van der Waals surface area contributed by atoms with E-state index >= 15 is 0 Å². The molecular weight excluding hydrogens is 411 g/mol. The molecule has 1 heterocycles. The van der Waals surface area contributed by atoms with Gasteiger partial charge < -0.3 is 9.47 Å². The van der Waals surface area contributed by atoms with Crippen LogP contribution in [-0.4, -0.2) is 25.6 Å². The van der Waals surface area contributed by atoms with E-state index in [0.29, 0.717) is 18.0 Å². The molecule has 0 aromatic heterocycles. The lowest BCUT2D eigenvalue weighted by Crippen LogP contribution is -2.24. The lowest BCUT2D eigenvalue weighted by molar-refractivity contribution is -0.138. The zero-order valence-electron chi connectivity index (χ0n) is 17.1. The fourth-order valence-corrected chi connectivity index (χ4v) is 3.39. The number of allylic oxidation sites excluding steroid dienone is 1. The Hall–Kier alpha value is -3.55. The third-order valence-electron chi connectivity index (χ3n) is 4.76. The van der Waals surface area contributed by atoms with Crippen molar-refractivity contribution in [2.45, 2.75) is 20.0 Å². The number of ether oxygens (including phenoxy) is 2. The molecule has 162 valence electrons. The minimum atomic E-state index is -4.62. The van der Waals surface area contributed by atoms with E-state index in [1.165, 1.54) is 30.0 Å². The summed E-state index contributed by atoms with van der Waals surface area (Å²) >= 11 is 0. The van der Waals surface area contributed by atoms with Crippen LogP contribution in [0.1, 0.15) is 25.0 Å². The Bertz CT molecular complexity index is 1070. The highest BCUT2D eigenvalue weighted by atomic mass is 19.4. The fourth-order valence-electron chi connectivity index (χ4n) is 3.39. The third kappa shape index (κ3) is 4.33. The van der Waals surface area contributed by atoms with E-state index in [4.69, 9.17) is 9.47 Å². The predicted molar refractivity (Wildman–Crippen MR) is 109 cm³/mol. The smallest absolute Gasteiger partial charge is 0.416 e. The van der Waals surface area contributed by atoms with Crippen LogP contribution in [0, 0.1) is 0 Å². The van der Waals surface area contributed by atoms with Crippen LogP contribution >= 0.6 is 0 Å². The lowest BCUT2D eigenvalue weighted by atomic mass is 10.00. The average Bonchev–Trinajstić information content (AvgIpc) is 2.97. The summed E-state index contributed by atoms with van der Waals surface area (Å²) in [5.74, 6) is -0.836. The van der Waals surface area contributed by atoms with Crippen molar-refractivity contribution in [1.29, 1.82) is 0 Å². The Morgan fingerprint density at radius 1 is 1.10 bits per heavy atom. The van der Waals surface area contributed by atoms with Gasteiger partial charge in [0, 0.05) is 11.4 Å². The number of carbonyl (C=O) groups excluding carboxylic acids is 2. The van der Waals surface area contributed by atoms with Crippen molar-refractivity contribution in [1.82, 2.24) is 0 Å². The summed E-state index contributed by atoms with van der Waals surface area (Å²) in [6.07, 6.45) is -3.54. The standard InChI is InChI=1S/C23H20F3NO4/c1-4-31-17-11-9-16(10-12-17)27-14(2)20(22(29)30-3)18(21(27)28)13-15-7-5-6-8-19(15)23(24,25)26/h5-13H,4H2,1-3H3/b18-13-. The molecule has 0 aliphatic carbocycles. The van der Waals surface area contributed by atoms with Gasteiger partial charge in [0.2, 0.25) is 0 Å². The van der Waals surface area contributed by atoms with Crippen LogP contribution in [0.15, 0.2) is 65.4 Å². The number of esters is 1. The number of methoxy groups -OCH3 is 1. The monoisotopic (exact) mass is 431 g/mol. The van der Waals surface area contributed by atoms with Gasteiger partial charge in [0.05, 0.1) is 30.4 Å². The van der Waals surface area contributed by atoms with Crippen molar-refractivity contribution in [2.24, 2.45) is 0 Å². The summed E-state index contributed by atoms with van der Waals surface area (Å²) in [4.78, 5) is 26.9. The first-order valence-electron chi connectivity index (χ1n) is 9.43. The molecule has 0 unspecified atom stereocenters. The van der Waals surface area contributed by atoms with E-state index in [2.05, 4.69) is 0 Å². The van der Waals surface area contributed by atoms with Crippen LogP contribution in [0.25, 0.3) is 6.08 Å². The Balaban J connectivity index is 2.13. The van der Waals surface area contributed by atoms with Gasteiger partial charge in [0.15, 0.2) is 0 Å². The first-order chi connectivity index (χ1) is 14.7. The minimum absolute atomic E-state index is 0.0848. The second-order valence-corrected chi connectivity index (χ2v) is 6.66. The van der Waals surface area contributed by atoms with Crippen LogP contribution in [-0.2, 0) is 20.5 Å². The van der Waals surface area contributed by atoms with Gasteiger partial charge in [-0.05, 0) is 55.8 Å². The molecule has 2 aromatic rings. The van der Waals surface area contributed by atoms with Gasteiger partial charge in [0.1, 0.15) is 5.75 Å². The molecule has 1 aliphatic heterocycles. The quantitative estimate of drug-likeness (QED) is 0.495. The Morgan fingerprint density at radius 2 is 1.74 bits per heavy atom. The number of alkyl halides is 3. The number of benzene rings is 2. The normalized spacial score (nSPS) is 15.6. The maximum absolute atomic E-state index is 13.4. The molecule has 31 heavy (non-hydrogen) atoms. The minimum Gasteiger partial charge on any atom is -0.494 e. The van der Waals surface area contributed by atoms with E-state index in [1.54, 1.807) is 24.3 Å². The number of halogens is 3. The van der Waals surface area contributed by atoms with E-state index < -0.39 is 23.6 Å². The first kappa shape index (κ1) is 22.1. The summed E-state index contributed by atoms with van der Waals surface area (Å²) in [7, 11) is 1.15. The van der Waals surface area contributed by atoms with Crippen molar-refractivity contribution in [3.05, 3.63) is 76.5 Å². The van der Waals surface area contributed by atoms with Gasteiger partial charge in [-0.1, -0.05) is 18.2 Å². The molecule has 5 nitrogen and oxygen atoms in total. The highest BCUT2D eigenvalue weighted by molar-refractivity contribution is 6.23. The molecule has 0 fully saturated rings. The van der Waals surface area contributed by atoms with Crippen LogP contribution < -0.4 is 9.64 Å². The van der Waals surface area contributed by atoms with Crippen LogP contribution in [0.3, 0.4) is 0 Å². The Labute approximate surface area is 177 Å². The van der Waals surface area contributed by atoms with Crippen molar-refractivity contribution in [3.63, 3.8) is 0 Å². The van der Waals surface area contributed by atoms with Crippen molar-refractivity contribution < 1.29 is 32.2 Å². The van der Waals surface area contributed by atoms with Gasteiger partial charge in [-0.2, -0.15) is 13.2 Å². The van der Waals surface area contributed by atoms with Crippen molar-refractivity contribution in [2.75, 3.05) is 18.6 Å². The first-order valence-corrected chi connectivity index (χ1v) is 9.43. The number of anilines is 1. The number of hydrogen-bond donors (Lipinski definition) is 0. The molecule has 3 rings (SSSR count). The molecule has 0 bridgehead atoms. The van der Waals surface area contributed by atoms with Gasteiger partial charge in [0.25, 0.3) is 5.91 Å². The summed E-state index contributed by atoms with van der Waals surface area (Å²) in [6, 6.07) is 11.4. The summed E-state index contributed by atoms with van der Waals surface area (Å²) in [5.41, 5.74) is -0.678. The molecule has 0 N–H and O–H groups in total. The fraction of sp³-hybridized carbons (Fsp3) is 0.217. The largest absolute Gasteiger partial charge is 0.494 e. The molecule has 1 aliphatic rings. The third-order valence-corrected chi connectivity index (χ3v) is 4.76. The van der Waals surface area contributed by atoms with Crippen molar-refractivity contribution in [3.8, 4) is 5.75 Å². The number of nitrogens with zero attached hydrogens (tertiary/aromatic N) is 1. The van der Waals surface area contributed by atoms with E-state index in [-0.39, 0.29) is 22.4 Å². The van der Waals surface area contributed by atoms with Gasteiger partial charge in [-0.3, -0.25) is 9.69 Å². The molecular formula is C23H20F3NO4. The average molecular weight is 431 g/mol. The lowest BCUT2D eigenvalue weighted by Gasteiger charge is -2.18. The maximum atomic E-state index is 13.4. The Kier molecular flexibility index (Phi) is 6.19. The van der Waals surface area contributed by atoms with E-state index in [0.717, 1.165) is 19.3 Å². The summed E-state index contributed by atoms with van der Waals surface area (Å²) < 4.78 is 50.4. The van der Waals surface area contributed by atoms with Gasteiger partial charge in [-0.15, -0.1) is 0 Å². The summed E-state index contributed by atoms with van der Waals surface area (Å²) in [5, 5.41) is 0.